The van der Waals surface area contributed by atoms with Crippen molar-refractivity contribution < 1.29 is 19.2 Å². The first kappa shape index (κ1) is 20.0. The summed E-state index contributed by atoms with van der Waals surface area (Å²) in [4.78, 5) is 50.3. The average molecular weight is 385 g/mol. The van der Waals surface area contributed by atoms with E-state index >= 15 is 0 Å². The monoisotopic (exact) mass is 385 g/mol. The number of nitrogens with zero attached hydrogens (tertiary/aromatic N) is 1. The van der Waals surface area contributed by atoms with Gasteiger partial charge < -0.3 is 10.6 Å². The Bertz CT molecular complexity index is 748. The van der Waals surface area contributed by atoms with Crippen LogP contribution in [0.15, 0.2) is 24.3 Å². The van der Waals surface area contributed by atoms with Crippen molar-refractivity contribution in [2.24, 2.45) is 11.8 Å². The van der Waals surface area contributed by atoms with Gasteiger partial charge in [0.1, 0.15) is 0 Å². The zero-order chi connectivity index (χ0) is 20.3. The average Bonchev–Trinajstić information content (AvgIpc) is 2.91. The predicted molar refractivity (Wildman–Crippen MR) is 104 cm³/mol. The summed E-state index contributed by atoms with van der Waals surface area (Å²) >= 11 is 0. The summed E-state index contributed by atoms with van der Waals surface area (Å²) in [5, 5.41) is 5.55. The second-order valence-corrected chi connectivity index (χ2v) is 7.83. The summed E-state index contributed by atoms with van der Waals surface area (Å²) in [5.74, 6) is -1.05. The molecular formula is C21H27N3O4. The Kier molecular flexibility index (Phi) is 6.11. The molecule has 1 aliphatic carbocycles. The topological polar surface area (TPSA) is 95.6 Å². The summed E-state index contributed by atoms with van der Waals surface area (Å²) in [6.45, 7) is 3.89. The fourth-order valence-corrected chi connectivity index (χ4v) is 3.94. The van der Waals surface area contributed by atoms with Crippen molar-refractivity contribution in [2.45, 2.75) is 52.0 Å². The van der Waals surface area contributed by atoms with Crippen LogP contribution in [0, 0.1) is 11.8 Å². The summed E-state index contributed by atoms with van der Waals surface area (Å²) in [6, 6.07) is 6.66. The Labute approximate surface area is 164 Å². The molecule has 2 atom stereocenters. The van der Waals surface area contributed by atoms with E-state index in [0.29, 0.717) is 11.3 Å². The zero-order valence-corrected chi connectivity index (χ0v) is 16.4. The van der Waals surface area contributed by atoms with Crippen molar-refractivity contribution >= 4 is 29.3 Å². The molecule has 0 radical (unpaired) electrons. The third-order valence-corrected chi connectivity index (χ3v) is 5.35. The minimum Gasteiger partial charge on any atom is -0.350 e. The number of carbonyl (C=O) groups excluding carboxylic acids is 4. The van der Waals surface area contributed by atoms with Crippen LogP contribution in [0.2, 0.25) is 0 Å². The molecule has 7 nitrogen and oxygen atoms in total. The highest BCUT2D eigenvalue weighted by Gasteiger charge is 2.47. The van der Waals surface area contributed by atoms with Gasteiger partial charge >= 0.3 is 0 Å². The van der Waals surface area contributed by atoms with Crippen molar-refractivity contribution in [3.8, 4) is 0 Å². The van der Waals surface area contributed by atoms with E-state index in [1.54, 1.807) is 24.3 Å². The zero-order valence-electron chi connectivity index (χ0n) is 16.4. The van der Waals surface area contributed by atoms with E-state index in [1.807, 2.05) is 13.8 Å². The molecule has 1 saturated heterocycles. The number of imide groups is 1. The molecule has 1 aromatic rings. The number of anilines is 1. The molecule has 2 fully saturated rings. The second-order valence-electron chi connectivity index (χ2n) is 7.83. The van der Waals surface area contributed by atoms with Crippen LogP contribution in [0.1, 0.15) is 56.3 Å². The molecule has 1 saturated carbocycles. The molecule has 1 heterocycles. The van der Waals surface area contributed by atoms with Crippen LogP contribution in [0.5, 0.6) is 0 Å². The Morgan fingerprint density at radius 3 is 2.14 bits per heavy atom. The molecule has 2 N–H and O–H groups in total. The Morgan fingerprint density at radius 1 is 1.04 bits per heavy atom. The molecule has 0 aromatic heterocycles. The van der Waals surface area contributed by atoms with Crippen LogP contribution in [-0.4, -0.2) is 41.1 Å². The number of fused-ring (bicyclic) bond motifs is 1. The first-order chi connectivity index (χ1) is 13.4. The number of likely N-dealkylation sites (tertiary alicyclic amines) is 1. The van der Waals surface area contributed by atoms with Crippen LogP contribution in [-0.2, 0) is 14.4 Å². The van der Waals surface area contributed by atoms with Gasteiger partial charge in [0.2, 0.25) is 17.7 Å². The number of nitrogens with one attached hydrogen (secondary N) is 2. The van der Waals surface area contributed by atoms with Gasteiger partial charge in [-0.25, -0.2) is 0 Å². The van der Waals surface area contributed by atoms with Gasteiger partial charge in [-0.15, -0.1) is 0 Å². The number of carbonyl (C=O) groups is 4. The van der Waals surface area contributed by atoms with E-state index in [2.05, 4.69) is 10.6 Å². The standard InChI is InChI=1S/C21H27N3O4/c1-13(2)22-19(26)14-7-9-15(10-8-14)23-18(25)11-12-24-20(27)16-5-3-4-6-17(16)21(24)28/h7-10,13,16-17H,3-6,11-12H2,1-2H3,(H,22,26)(H,23,25). The Hall–Kier alpha value is -2.70. The molecule has 2 aliphatic rings. The first-order valence-electron chi connectivity index (χ1n) is 9.93. The molecule has 2 unspecified atom stereocenters. The molecule has 28 heavy (non-hydrogen) atoms. The molecule has 150 valence electrons. The third kappa shape index (κ3) is 4.40. The summed E-state index contributed by atoms with van der Waals surface area (Å²) in [7, 11) is 0. The summed E-state index contributed by atoms with van der Waals surface area (Å²) in [6.07, 6.45) is 3.58. The van der Waals surface area contributed by atoms with Crippen molar-refractivity contribution in [3.63, 3.8) is 0 Å². The van der Waals surface area contributed by atoms with Gasteiger partial charge in [-0.2, -0.15) is 0 Å². The number of benzene rings is 1. The number of amides is 4. The maximum atomic E-state index is 12.4. The molecule has 1 aliphatic heterocycles. The second kappa shape index (κ2) is 8.54. The minimum atomic E-state index is -0.269. The van der Waals surface area contributed by atoms with Crippen LogP contribution in [0.25, 0.3) is 0 Å². The highest BCUT2D eigenvalue weighted by molar-refractivity contribution is 6.05. The fourth-order valence-electron chi connectivity index (χ4n) is 3.94. The first-order valence-corrected chi connectivity index (χ1v) is 9.93. The molecule has 0 bridgehead atoms. The van der Waals surface area contributed by atoms with Gasteiger partial charge in [0, 0.05) is 30.3 Å². The maximum Gasteiger partial charge on any atom is 0.251 e. The number of hydrogen-bond acceptors (Lipinski definition) is 4. The Balaban J connectivity index is 1.51. The SMILES string of the molecule is CC(C)NC(=O)c1ccc(NC(=O)CCN2C(=O)C3CCCCC3C2=O)cc1. The van der Waals surface area contributed by atoms with Gasteiger partial charge in [0.15, 0.2) is 0 Å². The predicted octanol–water partition coefficient (Wildman–Crippen LogP) is 2.33. The van der Waals surface area contributed by atoms with Gasteiger partial charge in [0.25, 0.3) is 5.91 Å². The van der Waals surface area contributed by atoms with Crippen molar-refractivity contribution in [1.29, 1.82) is 0 Å². The van der Waals surface area contributed by atoms with E-state index in [9.17, 15) is 19.2 Å². The van der Waals surface area contributed by atoms with Crippen molar-refractivity contribution in [3.05, 3.63) is 29.8 Å². The van der Waals surface area contributed by atoms with E-state index in [-0.39, 0.29) is 54.5 Å². The third-order valence-electron chi connectivity index (χ3n) is 5.35. The molecule has 7 heteroatoms. The van der Waals surface area contributed by atoms with Gasteiger partial charge in [-0.05, 0) is 51.0 Å². The van der Waals surface area contributed by atoms with Gasteiger partial charge in [-0.1, -0.05) is 12.8 Å². The normalized spacial score (nSPS) is 21.6. The maximum absolute atomic E-state index is 12.4. The minimum absolute atomic E-state index is 0.0479. The molecule has 1 aromatic carbocycles. The van der Waals surface area contributed by atoms with E-state index in [1.165, 1.54) is 4.90 Å². The van der Waals surface area contributed by atoms with E-state index in [0.717, 1.165) is 25.7 Å². The van der Waals surface area contributed by atoms with Gasteiger partial charge in [-0.3, -0.25) is 24.1 Å². The van der Waals surface area contributed by atoms with Crippen molar-refractivity contribution in [2.75, 3.05) is 11.9 Å². The summed E-state index contributed by atoms with van der Waals surface area (Å²) in [5.41, 5.74) is 1.08. The summed E-state index contributed by atoms with van der Waals surface area (Å²) < 4.78 is 0. The highest BCUT2D eigenvalue weighted by Crippen LogP contribution is 2.37. The highest BCUT2D eigenvalue weighted by atomic mass is 16.2. The lowest BCUT2D eigenvalue weighted by Crippen LogP contribution is -2.34. The van der Waals surface area contributed by atoms with Crippen LogP contribution in [0.4, 0.5) is 5.69 Å². The van der Waals surface area contributed by atoms with Crippen LogP contribution >= 0.6 is 0 Å². The lowest BCUT2D eigenvalue weighted by molar-refractivity contribution is -0.140. The quantitative estimate of drug-likeness (QED) is 0.735. The molecule has 4 amide bonds. The molecule has 0 spiro atoms. The number of hydrogen-bond donors (Lipinski definition) is 2. The molecule has 3 rings (SSSR count). The van der Waals surface area contributed by atoms with Crippen molar-refractivity contribution in [1.82, 2.24) is 10.2 Å². The Morgan fingerprint density at radius 2 is 1.61 bits per heavy atom. The fraction of sp³-hybridized carbons (Fsp3) is 0.524. The smallest absolute Gasteiger partial charge is 0.251 e. The molecular weight excluding hydrogens is 358 g/mol. The van der Waals surface area contributed by atoms with E-state index < -0.39 is 0 Å². The van der Waals surface area contributed by atoms with E-state index in [4.69, 9.17) is 0 Å². The van der Waals surface area contributed by atoms with Crippen LogP contribution < -0.4 is 10.6 Å². The van der Waals surface area contributed by atoms with Gasteiger partial charge in [0.05, 0.1) is 11.8 Å². The largest absolute Gasteiger partial charge is 0.350 e. The van der Waals surface area contributed by atoms with Crippen LogP contribution in [0.3, 0.4) is 0 Å². The number of rotatable bonds is 6. The lowest BCUT2D eigenvalue weighted by atomic mass is 9.81. The lowest BCUT2D eigenvalue weighted by Gasteiger charge is -2.19.